The van der Waals surface area contributed by atoms with Gasteiger partial charge in [0, 0.05) is 10.9 Å². The van der Waals surface area contributed by atoms with Gasteiger partial charge in [0.05, 0.1) is 16.8 Å². The molecule has 3 aromatic rings. The third-order valence-corrected chi connectivity index (χ3v) is 3.74. The van der Waals surface area contributed by atoms with E-state index in [-0.39, 0.29) is 5.97 Å². The smallest absolute Gasteiger partial charge is 0.341 e. The highest BCUT2D eigenvalue weighted by atomic mass is 16.6. The Kier molecular flexibility index (Phi) is 4.10. The molecule has 0 fully saturated rings. The third kappa shape index (κ3) is 3.16. The molecule has 2 aromatic carbocycles. The lowest BCUT2D eigenvalue weighted by Gasteiger charge is -2.22. The number of fused-ring (bicyclic) bond motifs is 1. The molecule has 0 atom stereocenters. The normalized spacial score (nSPS) is 11.5. The number of hydrogen-bond acceptors (Lipinski definition) is 3. The monoisotopic (exact) mass is 319 g/mol. The highest BCUT2D eigenvalue weighted by Crippen LogP contribution is 2.34. The summed E-state index contributed by atoms with van der Waals surface area (Å²) in [6.45, 7) is 7.48. The minimum absolute atomic E-state index is 0.336. The van der Waals surface area contributed by atoms with E-state index in [0.717, 1.165) is 22.0 Å². The lowest BCUT2D eigenvalue weighted by molar-refractivity contribution is 0.00694. The van der Waals surface area contributed by atoms with Crippen molar-refractivity contribution >= 4 is 16.9 Å². The second-order valence-corrected chi connectivity index (χ2v) is 6.83. The molecule has 0 saturated carbocycles. The standard InChI is InChI=1S/C21H21NO2/c1-14-18(20(23)24-21(2,3)4)19(15-10-6-5-7-11-15)16-12-8-9-13-17(16)22-14/h5-13H,1-4H3. The molecule has 3 heteroatoms. The van der Waals surface area contributed by atoms with E-state index in [1.165, 1.54) is 0 Å². The van der Waals surface area contributed by atoms with Gasteiger partial charge in [-0.25, -0.2) is 4.79 Å². The highest BCUT2D eigenvalue weighted by molar-refractivity contribution is 6.07. The second kappa shape index (κ2) is 6.08. The van der Waals surface area contributed by atoms with E-state index >= 15 is 0 Å². The highest BCUT2D eigenvalue weighted by Gasteiger charge is 2.25. The molecule has 0 aliphatic rings. The summed E-state index contributed by atoms with van der Waals surface area (Å²) in [6.07, 6.45) is 0. The topological polar surface area (TPSA) is 39.2 Å². The molecule has 0 bridgehead atoms. The fourth-order valence-electron chi connectivity index (χ4n) is 2.82. The first kappa shape index (κ1) is 16.2. The zero-order valence-corrected chi connectivity index (χ0v) is 14.5. The van der Waals surface area contributed by atoms with E-state index in [1.807, 2.05) is 82.3 Å². The fourth-order valence-corrected chi connectivity index (χ4v) is 2.82. The molecular formula is C21H21NO2. The SMILES string of the molecule is Cc1nc2ccccc2c(-c2ccccc2)c1C(=O)OC(C)(C)C. The van der Waals surface area contributed by atoms with Crippen LogP contribution in [0, 0.1) is 6.92 Å². The van der Waals surface area contributed by atoms with Gasteiger partial charge in [0.1, 0.15) is 5.60 Å². The number of hydrogen-bond donors (Lipinski definition) is 0. The lowest BCUT2D eigenvalue weighted by Crippen LogP contribution is -2.25. The van der Waals surface area contributed by atoms with Crippen LogP contribution in [0.1, 0.15) is 36.8 Å². The molecule has 3 rings (SSSR count). The summed E-state index contributed by atoms with van der Waals surface area (Å²) in [5.74, 6) is -0.336. The molecular weight excluding hydrogens is 298 g/mol. The van der Waals surface area contributed by atoms with Crippen molar-refractivity contribution in [3.63, 3.8) is 0 Å². The molecule has 0 saturated heterocycles. The van der Waals surface area contributed by atoms with Crippen LogP contribution in [0.25, 0.3) is 22.0 Å². The van der Waals surface area contributed by atoms with Gasteiger partial charge in [-0.2, -0.15) is 0 Å². The Morgan fingerprint density at radius 2 is 1.58 bits per heavy atom. The molecule has 0 aliphatic heterocycles. The van der Waals surface area contributed by atoms with E-state index in [4.69, 9.17) is 4.74 Å². The maximum absolute atomic E-state index is 12.9. The van der Waals surface area contributed by atoms with Crippen LogP contribution < -0.4 is 0 Å². The lowest BCUT2D eigenvalue weighted by atomic mass is 9.94. The number of carbonyl (C=O) groups is 1. The number of aryl methyl sites for hydroxylation is 1. The van der Waals surface area contributed by atoms with E-state index < -0.39 is 5.60 Å². The van der Waals surface area contributed by atoms with Gasteiger partial charge in [0.15, 0.2) is 0 Å². The van der Waals surface area contributed by atoms with Crippen molar-refractivity contribution in [3.05, 3.63) is 65.9 Å². The summed E-state index contributed by atoms with van der Waals surface area (Å²) in [5, 5.41) is 0.954. The summed E-state index contributed by atoms with van der Waals surface area (Å²) in [6, 6.07) is 17.8. The van der Waals surface area contributed by atoms with Crippen molar-refractivity contribution in [3.8, 4) is 11.1 Å². The van der Waals surface area contributed by atoms with Crippen LogP contribution in [-0.2, 0) is 4.74 Å². The van der Waals surface area contributed by atoms with Gasteiger partial charge in [-0.05, 0) is 39.3 Å². The Labute approximate surface area is 142 Å². The number of benzene rings is 2. The maximum atomic E-state index is 12.9. The van der Waals surface area contributed by atoms with Gasteiger partial charge in [0.25, 0.3) is 0 Å². The first-order valence-electron chi connectivity index (χ1n) is 8.05. The van der Waals surface area contributed by atoms with Crippen molar-refractivity contribution in [2.75, 3.05) is 0 Å². The number of pyridine rings is 1. The molecule has 0 N–H and O–H groups in total. The van der Waals surface area contributed by atoms with Crippen molar-refractivity contribution in [1.82, 2.24) is 4.98 Å². The fraction of sp³-hybridized carbons (Fsp3) is 0.238. The van der Waals surface area contributed by atoms with Gasteiger partial charge in [0.2, 0.25) is 0 Å². The average Bonchev–Trinajstić information content (AvgIpc) is 2.52. The van der Waals surface area contributed by atoms with Gasteiger partial charge in [-0.1, -0.05) is 48.5 Å². The molecule has 1 aromatic heterocycles. The summed E-state index contributed by atoms with van der Waals surface area (Å²) >= 11 is 0. The van der Waals surface area contributed by atoms with Crippen molar-refractivity contribution in [2.45, 2.75) is 33.3 Å². The van der Waals surface area contributed by atoms with Crippen LogP contribution in [0.4, 0.5) is 0 Å². The van der Waals surface area contributed by atoms with Gasteiger partial charge < -0.3 is 4.74 Å². The van der Waals surface area contributed by atoms with E-state index in [2.05, 4.69) is 4.98 Å². The summed E-state index contributed by atoms with van der Waals surface area (Å²) < 4.78 is 5.64. The maximum Gasteiger partial charge on any atom is 0.341 e. The van der Waals surface area contributed by atoms with Crippen LogP contribution >= 0.6 is 0 Å². The number of ether oxygens (including phenoxy) is 1. The Balaban J connectivity index is 2.32. The minimum Gasteiger partial charge on any atom is -0.456 e. The van der Waals surface area contributed by atoms with Crippen molar-refractivity contribution in [1.29, 1.82) is 0 Å². The van der Waals surface area contributed by atoms with Crippen LogP contribution in [0.2, 0.25) is 0 Å². The van der Waals surface area contributed by atoms with Gasteiger partial charge in [-0.15, -0.1) is 0 Å². The number of esters is 1. The predicted octanol–water partition coefficient (Wildman–Crippen LogP) is 5.17. The largest absolute Gasteiger partial charge is 0.456 e. The van der Waals surface area contributed by atoms with Crippen LogP contribution in [0.15, 0.2) is 54.6 Å². The zero-order chi connectivity index (χ0) is 17.3. The molecule has 0 spiro atoms. The van der Waals surface area contributed by atoms with E-state index in [1.54, 1.807) is 0 Å². The Morgan fingerprint density at radius 3 is 2.25 bits per heavy atom. The Bertz CT molecular complexity index is 893. The van der Waals surface area contributed by atoms with Crippen molar-refractivity contribution in [2.24, 2.45) is 0 Å². The van der Waals surface area contributed by atoms with Crippen LogP contribution in [0.3, 0.4) is 0 Å². The Hall–Kier alpha value is -2.68. The Morgan fingerprint density at radius 1 is 0.958 bits per heavy atom. The molecule has 1 heterocycles. The summed E-state index contributed by atoms with van der Waals surface area (Å²) in [4.78, 5) is 17.5. The summed E-state index contributed by atoms with van der Waals surface area (Å²) in [5.41, 5.74) is 3.41. The number of rotatable bonds is 2. The second-order valence-electron chi connectivity index (χ2n) is 6.83. The number of nitrogens with zero attached hydrogens (tertiary/aromatic N) is 1. The number of carbonyl (C=O) groups excluding carboxylic acids is 1. The zero-order valence-electron chi connectivity index (χ0n) is 14.5. The van der Waals surface area contributed by atoms with E-state index in [9.17, 15) is 4.79 Å². The van der Waals surface area contributed by atoms with Gasteiger partial charge >= 0.3 is 5.97 Å². The third-order valence-electron chi connectivity index (χ3n) is 3.74. The summed E-state index contributed by atoms with van der Waals surface area (Å²) in [7, 11) is 0. The molecule has 0 aliphatic carbocycles. The molecule has 122 valence electrons. The first-order chi connectivity index (χ1) is 11.4. The molecule has 3 nitrogen and oxygen atoms in total. The first-order valence-corrected chi connectivity index (χ1v) is 8.05. The van der Waals surface area contributed by atoms with Gasteiger partial charge in [-0.3, -0.25) is 4.98 Å². The number of para-hydroxylation sites is 1. The molecule has 24 heavy (non-hydrogen) atoms. The number of aromatic nitrogens is 1. The van der Waals surface area contributed by atoms with Crippen LogP contribution in [-0.4, -0.2) is 16.6 Å². The average molecular weight is 319 g/mol. The quantitative estimate of drug-likeness (QED) is 0.612. The van der Waals surface area contributed by atoms with E-state index in [0.29, 0.717) is 11.3 Å². The minimum atomic E-state index is -0.552. The molecule has 0 radical (unpaired) electrons. The molecule has 0 unspecified atom stereocenters. The molecule has 0 amide bonds. The van der Waals surface area contributed by atoms with Crippen LogP contribution in [0.5, 0.6) is 0 Å². The predicted molar refractivity (Wildman–Crippen MR) is 97.1 cm³/mol. The van der Waals surface area contributed by atoms with Crippen molar-refractivity contribution < 1.29 is 9.53 Å².